The van der Waals surface area contributed by atoms with E-state index in [1.165, 1.54) is 30.3 Å². The van der Waals surface area contributed by atoms with Gasteiger partial charge in [0.2, 0.25) is 5.91 Å². The molecule has 0 fully saturated rings. The summed E-state index contributed by atoms with van der Waals surface area (Å²) in [5.74, 6) is -0.919. The van der Waals surface area contributed by atoms with E-state index < -0.39 is 5.91 Å². The summed E-state index contributed by atoms with van der Waals surface area (Å²) in [7, 11) is 1.50. The van der Waals surface area contributed by atoms with Crippen molar-refractivity contribution in [3.63, 3.8) is 0 Å². The third kappa shape index (κ3) is 3.17. The highest BCUT2D eigenvalue weighted by Crippen LogP contribution is 2.14. The maximum Gasteiger partial charge on any atom is 0.276 e. The number of carbonyl (C=O) groups is 2. The molecule has 0 saturated heterocycles. The van der Waals surface area contributed by atoms with Crippen LogP contribution in [-0.2, 0) is 4.79 Å². The predicted molar refractivity (Wildman–Crippen MR) is 61.5 cm³/mol. The molecule has 6 heteroatoms. The van der Waals surface area contributed by atoms with Gasteiger partial charge in [-0.1, -0.05) is 0 Å². The van der Waals surface area contributed by atoms with Gasteiger partial charge in [-0.25, -0.2) is 4.98 Å². The van der Waals surface area contributed by atoms with E-state index in [0.29, 0.717) is 6.54 Å². The molecule has 1 aromatic rings. The lowest BCUT2D eigenvalue weighted by Gasteiger charge is -2.19. The molecule has 0 atom stereocenters. The molecule has 1 heterocycles. The number of hydrogen-bond acceptors (Lipinski definition) is 4. The molecule has 0 aliphatic heterocycles. The Kier molecular flexibility index (Phi) is 4.45. The highest BCUT2D eigenvalue weighted by atomic mass is 16.3. The van der Waals surface area contributed by atoms with E-state index >= 15 is 0 Å². The van der Waals surface area contributed by atoms with Crippen LogP contribution >= 0.6 is 0 Å². The monoisotopic (exact) mass is 237 g/mol. The van der Waals surface area contributed by atoms with Crippen LogP contribution in [0, 0.1) is 0 Å². The number of nitrogens with zero attached hydrogens (tertiary/aromatic N) is 2. The second kappa shape index (κ2) is 5.83. The van der Waals surface area contributed by atoms with Crippen molar-refractivity contribution in [1.82, 2.24) is 15.2 Å². The third-order valence-electron chi connectivity index (χ3n) is 2.27. The molecule has 0 bridgehead atoms. The summed E-state index contributed by atoms with van der Waals surface area (Å²) >= 11 is 0. The molecule has 2 N–H and O–H groups in total. The number of amides is 2. The molecule has 2 amide bonds. The van der Waals surface area contributed by atoms with E-state index in [1.807, 2.05) is 0 Å². The van der Waals surface area contributed by atoms with Crippen LogP contribution < -0.4 is 5.32 Å². The molecule has 0 spiro atoms. The second-order valence-corrected chi connectivity index (χ2v) is 3.36. The molecule has 0 saturated carbocycles. The zero-order valence-electron chi connectivity index (χ0n) is 9.80. The summed E-state index contributed by atoms with van der Waals surface area (Å²) in [6, 6.07) is 2.91. The molecule has 0 unspecified atom stereocenters. The zero-order valence-corrected chi connectivity index (χ0v) is 9.80. The smallest absolute Gasteiger partial charge is 0.276 e. The number of pyridine rings is 1. The first-order valence-corrected chi connectivity index (χ1v) is 5.24. The van der Waals surface area contributed by atoms with Crippen molar-refractivity contribution < 1.29 is 14.7 Å². The maximum absolute atomic E-state index is 12.0. The zero-order chi connectivity index (χ0) is 12.8. The Bertz CT molecular complexity index is 420. The first-order chi connectivity index (χ1) is 8.10. The minimum absolute atomic E-state index is 0.0433. The van der Waals surface area contributed by atoms with Crippen LogP contribution in [0.3, 0.4) is 0 Å². The molecule has 92 valence electrons. The van der Waals surface area contributed by atoms with Gasteiger partial charge in [-0.2, -0.15) is 0 Å². The summed E-state index contributed by atoms with van der Waals surface area (Å²) in [4.78, 5) is 28.3. The van der Waals surface area contributed by atoms with Gasteiger partial charge in [-0.3, -0.25) is 9.59 Å². The lowest BCUT2D eigenvalue weighted by molar-refractivity contribution is -0.121. The third-order valence-corrected chi connectivity index (χ3v) is 2.27. The van der Waals surface area contributed by atoms with E-state index in [0.717, 1.165) is 0 Å². The minimum Gasteiger partial charge on any atom is -0.505 e. The number of likely N-dealkylation sites (N-methyl/N-ethyl adjacent to an activating group) is 2. The van der Waals surface area contributed by atoms with Gasteiger partial charge in [0, 0.05) is 19.8 Å². The number of hydrogen-bond donors (Lipinski definition) is 2. The topological polar surface area (TPSA) is 82.5 Å². The maximum atomic E-state index is 12.0. The van der Waals surface area contributed by atoms with Crippen molar-refractivity contribution in [2.45, 2.75) is 6.92 Å². The number of rotatable bonds is 4. The Labute approximate surface area is 99.3 Å². The van der Waals surface area contributed by atoms with Gasteiger partial charge in [0.1, 0.15) is 5.75 Å². The van der Waals surface area contributed by atoms with Crippen molar-refractivity contribution in [3.8, 4) is 5.75 Å². The first-order valence-electron chi connectivity index (χ1n) is 5.24. The standard InChI is InChI=1S/C11H15N3O3/c1-3-14(7-9(16)12-2)11(17)10-8(15)5-4-6-13-10/h4-6,15H,3,7H2,1-2H3,(H,12,16). The van der Waals surface area contributed by atoms with Crippen LogP contribution in [0.25, 0.3) is 0 Å². The van der Waals surface area contributed by atoms with E-state index in [1.54, 1.807) is 6.92 Å². The molecule has 1 rings (SSSR count). The van der Waals surface area contributed by atoms with Gasteiger partial charge in [0.15, 0.2) is 5.69 Å². The van der Waals surface area contributed by atoms with Crippen molar-refractivity contribution in [2.24, 2.45) is 0 Å². The fourth-order valence-corrected chi connectivity index (χ4v) is 1.29. The van der Waals surface area contributed by atoms with Gasteiger partial charge in [-0.15, -0.1) is 0 Å². The average Bonchev–Trinajstić information content (AvgIpc) is 2.35. The minimum atomic E-state index is -0.464. The lowest BCUT2D eigenvalue weighted by Crippen LogP contribution is -2.39. The molecular weight excluding hydrogens is 222 g/mol. The Morgan fingerprint density at radius 2 is 2.24 bits per heavy atom. The highest BCUT2D eigenvalue weighted by molar-refractivity contribution is 5.96. The SMILES string of the molecule is CCN(CC(=O)NC)C(=O)c1ncccc1O. The largest absolute Gasteiger partial charge is 0.505 e. The van der Waals surface area contributed by atoms with E-state index in [9.17, 15) is 14.7 Å². The first kappa shape index (κ1) is 13.0. The van der Waals surface area contributed by atoms with Crippen LogP contribution in [0.5, 0.6) is 5.75 Å². The van der Waals surface area contributed by atoms with Crippen LogP contribution in [0.1, 0.15) is 17.4 Å². The molecule has 1 aromatic heterocycles. The van der Waals surface area contributed by atoms with Gasteiger partial charge in [0.05, 0.1) is 6.54 Å². The molecule has 6 nitrogen and oxygen atoms in total. The van der Waals surface area contributed by atoms with Crippen LogP contribution in [-0.4, -0.2) is 46.9 Å². The van der Waals surface area contributed by atoms with Gasteiger partial charge in [0.25, 0.3) is 5.91 Å². The van der Waals surface area contributed by atoms with E-state index in [-0.39, 0.29) is 23.9 Å². The second-order valence-electron chi connectivity index (χ2n) is 3.36. The predicted octanol–water partition coefficient (Wildman–Crippen LogP) is -0.00470. The van der Waals surface area contributed by atoms with E-state index in [2.05, 4.69) is 10.3 Å². The summed E-state index contributed by atoms with van der Waals surface area (Å²) < 4.78 is 0. The molecule has 0 aliphatic rings. The van der Waals surface area contributed by atoms with Gasteiger partial charge in [-0.05, 0) is 19.1 Å². The Morgan fingerprint density at radius 3 is 2.76 bits per heavy atom. The van der Waals surface area contributed by atoms with E-state index in [4.69, 9.17) is 0 Å². The molecule has 0 aliphatic carbocycles. The van der Waals surface area contributed by atoms with Crippen LogP contribution in [0.2, 0.25) is 0 Å². The van der Waals surface area contributed by atoms with Crippen molar-refractivity contribution in [1.29, 1.82) is 0 Å². The fourth-order valence-electron chi connectivity index (χ4n) is 1.29. The summed E-state index contributed by atoms with van der Waals surface area (Å²) in [5, 5.41) is 11.9. The molecular formula is C11H15N3O3. The number of aromatic hydroxyl groups is 1. The fraction of sp³-hybridized carbons (Fsp3) is 0.364. The average molecular weight is 237 g/mol. The Balaban J connectivity index is 2.87. The van der Waals surface area contributed by atoms with Crippen molar-refractivity contribution in [2.75, 3.05) is 20.1 Å². The number of carbonyl (C=O) groups excluding carboxylic acids is 2. The number of aromatic nitrogens is 1. The quantitative estimate of drug-likeness (QED) is 0.772. The van der Waals surface area contributed by atoms with Crippen molar-refractivity contribution >= 4 is 11.8 Å². The molecule has 17 heavy (non-hydrogen) atoms. The molecule has 0 radical (unpaired) electrons. The van der Waals surface area contributed by atoms with Crippen LogP contribution in [0.4, 0.5) is 0 Å². The van der Waals surface area contributed by atoms with Crippen molar-refractivity contribution in [3.05, 3.63) is 24.0 Å². The summed E-state index contributed by atoms with van der Waals surface area (Å²) in [6.07, 6.45) is 1.42. The summed E-state index contributed by atoms with van der Waals surface area (Å²) in [5.41, 5.74) is -0.0433. The normalized spacial score (nSPS) is 9.76. The van der Waals surface area contributed by atoms with Crippen LogP contribution in [0.15, 0.2) is 18.3 Å². The van der Waals surface area contributed by atoms with Gasteiger partial charge < -0.3 is 15.3 Å². The Hall–Kier alpha value is -2.11. The molecule has 0 aromatic carbocycles. The number of nitrogens with one attached hydrogen (secondary N) is 1. The highest BCUT2D eigenvalue weighted by Gasteiger charge is 2.20. The Morgan fingerprint density at radius 1 is 1.53 bits per heavy atom. The summed E-state index contributed by atoms with van der Waals surface area (Å²) in [6.45, 7) is 2.06. The lowest BCUT2D eigenvalue weighted by atomic mass is 10.3. The van der Waals surface area contributed by atoms with Gasteiger partial charge >= 0.3 is 0 Å².